The summed E-state index contributed by atoms with van der Waals surface area (Å²) in [6.07, 6.45) is 5.95. The summed E-state index contributed by atoms with van der Waals surface area (Å²) in [6, 6.07) is 5.93. The molecule has 0 aliphatic rings. The summed E-state index contributed by atoms with van der Waals surface area (Å²) in [5.41, 5.74) is 12.1. The molecular formula is C17H16N6O. The fourth-order valence-corrected chi connectivity index (χ4v) is 2.69. The Morgan fingerprint density at radius 1 is 1.29 bits per heavy atom. The zero-order chi connectivity index (χ0) is 17.1. The first-order chi connectivity index (χ1) is 11.6. The molecule has 0 bridgehead atoms. The molecule has 7 nitrogen and oxygen atoms in total. The van der Waals surface area contributed by atoms with Crippen LogP contribution in [0, 0.1) is 6.92 Å². The summed E-state index contributed by atoms with van der Waals surface area (Å²) in [5.74, 6) is 0.652. The summed E-state index contributed by atoms with van der Waals surface area (Å²) >= 11 is 0. The summed E-state index contributed by atoms with van der Waals surface area (Å²) < 4.78 is 1.62. The molecule has 7 heteroatoms. The second-order valence-electron chi connectivity index (χ2n) is 5.50. The molecule has 0 saturated carbocycles. The normalized spacial score (nSPS) is 10.6. The molecule has 0 amide bonds. The van der Waals surface area contributed by atoms with Crippen LogP contribution in [0.3, 0.4) is 0 Å². The van der Waals surface area contributed by atoms with Crippen LogP contribution in [0.5, 0.6) is 0 Å². The SMILES string of the molecule is CC(=O)n1cc(CCN=[N+]=[N-])c2ccc(-c3cnc(C)nc3)cc21. The van der Waals surface area contributed by atoms with Gasteiger partial charge in [-0.25, -0.2) is 9.97 Å². The van der Waals surface area contributed by atoms with E-state index in [9.17, 15) is 4.79 Å². The minimum Gasteiger partial charge on any atom is -0.287 e. The van der Waals surface area contributed by atoms with E-state index in [1.165, 1.54) is 6.92 Å². The van der Waals surface area contributed by atoms with Crippen LogP contribution in [0.2, 0.25) is 0 Å². The van der Waals surface area contributed by atoms with Crippen molar-refractivity contribution in [3.8, 4) is 11.1 Å². The molecule has 2 heterocycles. The quantitative estimate of drug-likeness (QED) is 0.414. The minimum atomic E-state index is -0.0626. The van der Waals surface area contributed by atoms with Gasteiger partial charge in [-0.3, -0.25) is 9.36 Å². The number of azide groups is 1. The van der Waals surface area contributed by atoms with Crippen LogP contribution in [0.15, 0.2) is 41.9 Å². The van der Waals surface area contributed by atoms with Crippen LogP contribution in [0.4, 0.5) is 0 Å². The minimum absolute atomic E-state index is 0.0626. The van der Waals surface area contributed by atoms with Crippen LogP contribution in [0.1, 0.15) is 23.1 Å². The number of aromatic nitrogens is 3. The van der Waals surface area contributed by atoms with Crippen LogP contribution in [0.25, 0.3) is 32.5 Å². The fourth-order valence-electron chi connectivity index (χ4n) is 2.69. The molecule has 0 saturated heterocycles. The lowest BCUT2D eigenvalue weighted by Gasteiger charge is -2.04. The average molecular weight is 320 g/mol. The monoisotopic (exact) mass is 320 g/mol. The standard InChI is InChI=1S/C17H16N6O/c1-11-19-8-15(9-20-11)13-3-4-16-14(5-6-21-22-18)10-23(12(2)24)17(16)7-13/h3-4,7-10H,5-6H2,1-2H3. The van der Waals surface area contributed by atoms with Gasteiger partial charge in [0, 0.05) is 47.9 Å². The van der Waals surface area contributed by atoms with E-state index in [-0.39, 0.29) is 5.91 Å². The van der Waals surface area contributed by atoms with Gasteiger partial charge in [0.05, 0.1) is 5.52 Å². The first-order valence-corrected chi connectivity index (χ1v) is 7.55. The van der Waals surface area contributed by atoms with Gasteiger partial charge in [0.15, 0.2) is 0 Å². The Bertz CT molecular complexity index is 951. The van der Waals surface area contributed by atoms with Crippen molar-refractivity contribution >= 4 is 16.8 Å². The molecule has 0 aliphatic heterocycles. The Labute approximate surface area is 138 Å². The summed E-state index contributed by atoms with van der Waals surface area (Å²) in [5, 5.41) is 4.55. The zero-order valence-electron chi connectivity index (χ0n) is 13.5. The van der Waals surface area contributed by atoms with E-state index >= 15 is 0 Å². The van der Waals surface area contributed by atoms with Gasteiger partial charge in [0.25, 0.3) is 0 Å². The Balaban J connectivity index is 2.10. The lowest BCUT2D eigenvalue weighted by atomic mass is 10.0. The number of carbonyl (C=O) groups is 1. The molecule has 0 fully saturated rings. The van der Waals surface area contributed by atoms with Crippen LogP contribution in [-0.2, 0) is 6.42 Å². The zero-order valence-corrected chi connectivity index (χ0v) is 13.5. The summed E-state index contributed by atoms with van der Waals surface area (Å²) in [7, 11) is 0. The first-order valence-electron chi connectivity index (χ1n) is 7.55. The van der Waals surface area contributed by atoms with Gasteiger partial charge in [0.2, 0.25) is 5.91 Å². The maximum absolute atomic E-state index is 12.0. The van der Waals surface area contributed by atoms with Crippen molar-refractivity contribution in [1.82, 2.24) is 14.5 Å². The number of rotatable bonds is 4. The topological polar surface area (TPSA) is 96.5 Å². The third kappa shape index (κ3) is 2.98. The number of nitrogens with zero attached hydrogens (tertiary/aromatic N) is 6. The Hall–Kier alpha value is -3.18. The molecule has 120 valence electrons. The van der Waals surface area contributed by atoms with Crippen LogP contribution < -0.4 is 0 Å². The van der Waals surface area contributed by atoms with Crippen LogP contribution >= 0.6 is 0 Å². The number of benzene rings is 1. The van der Waals surface area contributed by atoms with E-state index in [0.29, 0.717) is 18.8 Å². The van der Waals surface area contributed by atoms with Crippen molar-refractivity contribution in [2.24, 2.45) is 5.11 Å². The van der Waals surface area contributed by atoms with E-state index in [1.54, 1.807) is 17.0 Å². The molecule has 0 spiro atoms. The Morgan fingerprint density at radius 2 is 2.04 bits per heavy atom. The fraction of sp³-hybridized carbons (Fsp3) is 0.235. The van der Waals surface area contributed by atoms with Gasteiger partial charge in [0.1, 0.15) is 5.82 Å². The van der Waals surface area contributed by atoms with Crippen molar-refractivity contribution in [1.29, 1.82) is 0 Å². The highest BCUT2D eigenvalue weighted by atomic mass is 16.1. The lowest BCUT2D eigenvalue weighted by Crippen LogP contribution is -2.03. The number of carbonyl (C=O) groups excluding carboxylic acids is 1. The number of fused-ring (bicyclic) bond motifs is 1. The lowest BCUT2D eigenvalue weighted by molar-refractivity contribution is 0.0941. The molecule has 3 rings (SSSR count). The molecular weight excluding hydrogens is 304 g/mol. The maximum Gasteiger partial charge on any atom is 0.227 e. The van der Waals surface area contributed by atoms with Crippen molar-refractivity contribution in [3.05, 3.63) is 58.6 Å². The van der Waals surface area contributed by atoms with Gasteiger partial charge in [-0.05, 0) is 36.1 Å². The molecule has 24 heavy (non-hydrogen) atoms. The summed E-state index contributed by atoms with van der Waals surface area (Å²) in [4.78, 5) is 23.2. The predicted octanol–water partition coefficient (Wildman–Crippen LogP) is 3.92. The average Bonchev–Trinajstić information content (AvgIpc) is 2.94. The van der Waals surface area contributed by atoms with E-state index < -0.39 is 0 Å². The molecule has 3 aromatic rings. The molecule has 0 unspecified atom stereocenters. The second kappa shape index (κ2) is 6.52. The van der Waals surface area contributed by atoms with Gasteiger partial charge in [-0.15, -0.1) is 0 Å². The third-order valence-electron chi connectivity index (χ3n) is 3.89. The van der Waals surface area contributed by atoms with Gasteiger partial charge in [-0.2, -0.15) is 0 Å². The number of hydrogen-bond donors (Lipinski definition) is 0. The van der Waals surface area contributed by atoms with E-state index in [1.807, 2.05) is 31.3 Å². The Kier molecular flexibility index (Phi) is 4.26. The number of hydrogen-bond acceptors (Lipinski definition) is 4. The third-order valence-corrected chi connectivity index (χ3v) is 3.89. The first kappa shape index (κ1) is 15.7. The molecule has 0 aliphatic carbocycles. The number of aryl methyl sites for hydroxylation is 1. The van der Waals surface area contributed by atoms with E-state index in [2.05, 4.69) is 20.0 Å². The van der Waals surface area contributed by atoms with E-state index in [0.717, 1.165) is 27.6 Å². The predicted molar refractivity (Wildman–Crippen MR) is 91.7 cm³/mol. The van der Waals surface area contributed by atoms with Gasteiger partial charge < -0.3 is 0 Å². The largest absolute Gasteiger partial charge is 0.287 e. The van der Waals surface area contributed by atoms with Crippen molar-refractivity contribution in [3.63, 3.8) is 0 Å². The Morgan fingerprint density at radius 3 is 2.71 bits per heavy atom. The second-order valence-corrected chi connectivity index (χ2v) is 5.50. The van der Waals surface area contributed by atoms with Crippen molar-refractivity contribution in [2.75, 3.05) is 6.54 Å². The maximum atomic E-state index is 12.0. The van der Waals surface area contributed by atoms with Crippen molar-refractivity contribution in [2.45, 2.75) is 20.3 Å². The van der Waals surface area contributed by atoms with E-state index in [4.69, 9.17) is 5.53 Å². The highest BCUT2D eigenvalue weighted by Crippen LogP contribution is 2.28. The molecule has 0 radical (unpaired) electrons. The van der Waals surface area contributed by atoms with Gasteiger partial charge in [-0.1, -0.05) is 17.2 Å². The summed E-state index contributed by atoms with van der Waals surface area (Å²) in [6.45, 7) is 3.73. The molecule has 1 aromatic carbocycles. The van der Waals surface area contributed by atoms with Crippen molar-refractivity contribution < 1.29 is 4.79 Å². The highest BCUT2D eigenvalue weighted by Gasteiger charge is 2.12. The van der Waals surface area contributed by atoms with Gasteiger partial charge >= 0.3 is 0 Å². The molecule has 2 aromatic heterocycles. The van der Waals surface area contributed by atoms with Crippen LogP contribution in [-0.4, -0.2) is 27.0 Å². The molecule has 0 N–H and O–H groups in total. The molecule has 0 atom stereocenters. The smallest absolute Gasteiger partial charge is 0.227 e. The highest BCUT2D eigenvalue weighted by molar-refractivity contribution is 5.95.